The Labute approximate surface area is 112 Å². The smallest absolute Gasteiger partial charge is 0.353 e. The number of fused-ring (bicyclic) bond motifs is 1. The molecule has 1 saturated heterocycles. The van der Waals surface area contributed by atoms with Gasteiger partial charge >= 0.3 is 5.69 Å². The number of aliphatic hydroxyl groups is 3. The summed E-state index contributed by atoms with van der Waals surface area (Å²) in [5.74, 6) is 0.310. The fourth-order valence-electron chi connectivity index (χ4n) is 2.31. The Balaban J connectivity index is 1.99. The SMILES string of the molecule is O=c1nc2oc(CO)cc2cn1C1C[C@@H](O)C(CO)O1. The molecule has 2 unspecified atom stereocenters. The molecule has 8 nitrogen and oxygen atoms in total. The Morgan fingerprint density at radius 1 is 1.45 bits per heavy atom. The van der Waals surface area contributed by atoms with Crippen molar-refractivity contribution in [1.82, 2.24) is 9.55 Å². The van der Waals surface area contributed by atoms with Crippen LogP contribution in [-0.4, -0.2) is 43.7 Å². The number of hydrogen-bond acceptors (Lipinski definition) is 7. The molecule has 2 aromatic heterocycles. The lowest BCUT2D eigenvalue weighted by molar-refractivity contribution is -0.0457. The average molecular weight is 282 g/mol. The minimum Gasteiger partial charge on any atom is -0.440 e. The first kappa shape index (κ1) is 13.3. The Morgan fingerprint density at radius 3 is 2.90 bits per heavy atom. The molecule has 3 atom stereocenters. The van der Waals surface area contributed by atoms with E-state index in [4.69, 9.17) is 19.4 Å². The molecule has 0 spiro atoms. The summed E-state index contributed by atoms with van der Waals surface area (Å²) in [7, 11) is 0. The maximum Gasteiger partial charge on any atom is 0.353 e. The number of nitrogens with zero attached hydrogens (tertiary/aromatic N) is 2. The molecule has 0 saturated carbocycles. The van der Waals surface area contributed by atoms with Gasteiger partial charge in [0, 0.05) is 12.6 Å². The van der Waals surface area contributed by atoms with Gasteiger partial charge in [0.1, 0.15) is 24.7 Å². The van der Waals surface area contributed by atoms with Crippen molar-refractivity contribution in [2.45, 2.75) is 31.5 Å². The van der Waals surface area contributed by atoms with Crippen molar-refractivity contribution in [1.29, 1.82) is 0 Å². The highest BCUT2D eigenvalue weighted by atomic mass is 16.5. The Hall–Kier alpha value is -1.74. The number of ether oxygens (including phenoxy) is 1. The van der Waals surface area contributed by atoms with Gasteiger partial charge < -0.3 is 24.5 Å². The zero-order chi connectivity index (χ0) is 14.3. The third-order valence-electron chi connectivity index (χ3n) is 3.34. The summed E-state index contributed by atoms with van der Waals surface area (Å²) in [6, 6.07) is 1.58. The molecule has 0 amide bonds. The van der Waals surface area contributed by atoms with Crippen LogP contribution in [0.25, 0.3) is 11.1 Å². The number of hydrogen-bond donors (Lipinski definition) is 3. The van der Waals surface area contributed by atoms with Gasteiger partial charge in [-0.3, -0.25) is 4.57 Å². The van der Waals surface area contributed by atoms with Gasteiger partial charge in [-0.1, -0.05) is 0 Å². The molecule has 3 heterocycles. The maximum absolute atomic E-state index is 11.9. The summed E-state index contributed by atoms with van der Waals surface area (Å²) in [5.41, 5.74) is -0.431. The highest BCUT2D eigenvalue weighted by molar-refractivity contribution is 5.72. The van der Waals surface area contributed by atoms with E-state index >= 15 is 0 Å². The zero-order valence-corrected chi connectivity index (χ0v) is 10.5. The van der Waals surface area contributed by atoms with Crippen molar-refractivity contribution < 1.29 is 24.5 Å². The van der Waals surface area contributed by atoms with E-state index in [1.54, 1.807) is 6.07 Å². The van der Waals surface area contributed by atoms with Gasteiger partial charge in [-0.2, -0.15) is 4.98 Å². The van der Waals surface area contributed by atoms with Crippen molar-refractivity contribution in [2.75, 3.05) is 6.61 Å². The second-order valence-corrected chi connectivity index (χ2v) is 4.68. The van der Waals surface area contributed by atoms with Crippen LogP contribution in [0.2, 0.25) is 0 Å². The first-order valence-corrected chi connectivity index (χ1v) is 6.19. The molecule has 0 bridgehead atoms. The van der Waals surface area contributed by atoms with Gasteiger partial charge in [-0.25, -0.2) is 4.79 Å². The van der Waals surface area contributed by atoms with Crippen LogP contribution in [0, 0.1) is 0 Å². The van der Waals surface area contributed by atoms with Crippen LogP contribution in [0.3, 0.4) is 0 Å². The van der Waals surface area contributed by atoms with E-state index in [0.717, 1.165) is 0 Å². The summed E-state index contributed by atoms with van der Waals surface area (Å²) in [5, 5.41) is 28.3. The maximum atomic E-state index is 11.9. The quantitative estimate of drug-likeness (QED) is 0.669. The fraction of sp³-hybridized carbons (Fsp3) is 0.500. The van der Waals surface area contributed by atoms with Crippen LogP contribution < -0.4 is 5.69 Å². The lowest BCUT2D eigenvalue weighted by atomic mass is 10.2. The van der Waals surface area contributed by atoms with Crippen molar-refractivity contribution in [3.63, 3.8) is 0 Å². The molecule has 0 radical (unpaired) electrons. The Morgan fingerprint density at radius 2 is 2.25 bits per heavy atom. The van der Waals surface area contributed by atoms with E-state index in [2.05, 4.69) is 4.98 Å². The summed E-state index contributed by atoms with van der Waals surface area (Å²) >= 11 is 0. The third kappa shape index (κ3) is 2.12. The van der Waals surface area contributed by atoms with Crippen LogP contribution in [-0.2, 0) is 11.3 Å². The molecule has 108 valence electrons. The molecule has 1 aliphatic heterocycles. The predicted molar refractivity (Wildman–Crippen MR) is 65.8 cm³/mol. The normalized spacial score (nSPS) is 26.4. The molecule has 2 aromatic rings. The van der Waals surface area contributed by atoms with E-state index in [1.165, 1.54) is 10.8 Å². The van der Waals surface area contributed by atoms with Crippen LogP contribution in [0.1, 0.15) is 18.4 Å². The molecule has 0 aliphatic carbocycles. The molecule has 3 rings (SSSR count). The highest BCUT2D eigenvalue weighted by Gasteiger charge is 2.35. The summed E-state index contributed by atoms with van der Waals surface area (Å²) in [6.07, 6.45) is -0.517. The molecular formula is C12H14N2O6. The van der Waals surface area contributed by atoms with Gasteiger partial charge in [0.2, 0.25) is 5.71 Å². The minimum atomic E-state index is -0.829. The van der Waals surface area contributed by atoms with E-state index in [1.807, 2.05) is 0 Å². The van der Waals surface area contributed by atoms with Crippen LogP contribution >= 0.6 is 0 Å². The summed E-state index contributed by atoms with van der Waals surface area (Å²) in [6.45, 7) is -0.599. The predicted octanol–water partition coefficient (Wildman–Crippen LogP) is -0.878. The topological polar surface area (TPSA) is 118 Å². The second-order valence-electron chi connectivity index (χ2n) is 4.68. The van der Waals surface area contributed by atoms with E-state index < -0.39 is 24.1 Å². The minimum absolute atomic E-state index is 0.146. The average Bonchev–Trinajstić information content (AvgIpc) is 3.00. The Bertz CT molecular complexity index is 678. The molecule has 20 heavy (non-hydrogen) atoms. The first-order chi connectivity index (χ1) is 9.62. The monoisotopic (exact) mass is 282 g/mol. The molecular weight excluding hydrogens is 268 g/mol. The largest absolute Gasteiger partial charge is 0.440 e. The number of rotatable bonds is 3. The fourth-order valence-corrected chi connectivity index (χ4v) is 2.31. The third-order valence-corrected chi connectivity index (χ3v) is 3.34. The first-order valence-electron chi connectivity index (χ1n) is 6.19. The highest BCUT2D eigenvalue weighted by Crippen LogP contribution is 2.28. The molecule has 8 heteroatoms. The summed E-state index contributed by atoms with van der Waals surface area (Å²) < 4.78 is 11.8. The van der Waals surface area contributed by atoms with Crippen LogP contribution in [0.5, 0.6) is 0 Å². The van der Waals surface area contributed by atoms with Crippen molar-refractivity contribution in [3.8, 4) is 0 Å². The van der Waals surface area contributed by atoms with Gasteiger partial charge in [0.05, 0.1) is 18.1 Å². The lowest BCUT2D eigenvalue weighted by Crippen LogP contribution is -2.27. The standard InChI is InChI=1S/C12H14N2O6/c15-4-7-1-6-3-14(12(18)13-11(6)19-7)10-2-8(17)9(5-16)20-10/h1,3,8-10,15-17H,2,4-5H2/t8-,9?,10?/m1/s1. The van der Waals surface area contributed by atoms with Crippen molar-refractivity contribution >= 4 is 11.1 Å². The molecule has 0 aromatic carbocycles. The van der Waals surface area contributed by atoms with Crippen LogP contribution in [0.4, 0.5) is 0 Å². The number of furan rings is 1. The summed E-state index contributed by atoms with van der Waals surface area (Å²) in [4.78, 5) is 15.7. The van der Waals surface area contributed by atoms with Gasteiger partial charge in [-0.15, -0.1) is 0 Å². The van der Waals surface area contributed by atoms with Gasteiger partial charge in [0.25, 0.3) is 0 Å². The van der Waals surface area contributed by atoms with Gasteiger partial charge in [0.15, 0.2) is 0 Å². The second kappa shape index (κ2) is 4.98. The van der Waals surface area contributed by atoms with Crippen molar-refractivity contribution in [2.24, 2.45) is 0 Å². The van der Waals surface area contributed by atoms with Gasteiger partial charge in [-0.05, 0) is 6.07 Å². The van der Waals surface area contributed by atoms with E-state index in [9.17, 15) is 9.90 Å². The molecule has 3 N–H and O–H groups in total. The number of aromatic nitrogens is 2. The molecule has 1 fully saturated rings. The van der Waals surface area contributed by atoms with E-state index in [0.29, 0.717) is 11.1 Å². The Kier molecular flexibility index (Phi) is 3.30. The number of aliphatic hydroxyl groups excluding tert-OH is 3. The molecule has 1 aliphatic rings. The van der Waals surface area contributed by atoms with E-state index in [-0.39, 0.29) is 25.3 Å². The van der Waals surface area contributed by atoms with Crippen molar-refractivity contribution in [3.05, 3.63) is 28.5 Å². The lowest BCUT2D eigenvalue weighted by Gasteiger charge is -2.13. The zero-order valence-electron chi connectivity index (χ0n) is 10.5. The van der Waals surface area contributed by atoms with Crippen LogP contribution in [0.15, 0.2) is 21.5 Å².